The van der Waals surface area contributed by atoms with Gasteiger partial charge in [0.25, 0.3) is 0 Å². The molecule has 0 nitrogen and oxygen atoms in total. The monoisotopic (exact) mass is 1860 g/mol. The third-order valence-corrected chi connectivity index (χ3v) is 31.5. The van der Waals surface area contributed by atoms with Crippen LogP contribution in [0.1, 0.15) is 136 Å². The van der Waals surface area contributed by atoms with E-state index in [9.17, 15) is 0 Å². The molecule has 14 aromatic carbocycles. The average Bonchev–Trinajstić information content (AvgIpc) is 0.766. The van der Waals surface area contributed by atoms with Crippen molar-refractivity contribution in [3.63, 3.8) is 0 Å². The molecular weight excluding hydrogens is 1770 g/mol. The number of benzene rings is 14. The lowest BCUT2D eigenvalue weighted by Crippen LogP contribution is -2.24. The van der Waals surface area contributed by atoms with Crippen LogP contribution in [-0.4, -0.2) is 0 Å². The first-order valence-corrected chi connectivity index (χ1v) is 51.6. The third-order valence-electron chi connectivity index (χ3n) is 18.8. The van der Waals surface area contributed by atoms with E-state index in [1.165, 1.54) is 155 Å². The summed E-state index contributed by atoms with van der Waals surface area (Å²) in [7, 11) is 52.3. The summed E-state index contributed by atoms with van der Waals surface area (Å²) in [6.45, 7) is 12.8. The van der Waals surface area contributed by atoms with Crippen molar-refractivity contribution in [1.82, 2.24) is 0 Å². The lowest BCUT2D eigenvalue weighted by atomic mass is 9.84. The third kappa shape index (κ3) is 29.7. The van der Waals surface area contributed by atoms with Crippen LogP contribution in [0.25, 0.3) is 0 Å². The lowest BCUT2D eigenvalue weighted by Gasteiger charge is -2.33. The fraction of sp³-hybridized carbons (Fsp3) is 0.152. The summed E-state index contributed by atoms with van der Waals surface area (Å²) >= 11 is 3.70. The van der Waals surface area contributed by atoms with Gasteiger partial charge in [0.2, 0.25) is 0 Å². The molecule has 0 saturated carbocycles. The second kappa shape index (κ2) is 53.8. The van der Waals surface area contributed by atoms with Crippen molar-refractivity contribution in [1.29, 1.82) is 0 Å². The van der Waals surface area contributed by atoms with E-state index in [0.29, 0.717) is 5.25 Å². The molecule has 0 aliphatic rings. The van der Waals surface area contributed by atoms with E-state index in [2.05, 4.69) is 329 Å². The highest BCUT2D eigenvalue weighted by atomic mass is 79.9. The van der Waals surface area contributed by atoms with E-state index < -0.39 is 4.75 Å². The summed E-state index contributed by atoms with van der Waals surface area (Å²) in [4.78, 5) is 0. The summed E-state index contributed by atoms with van der Waals surface area (Å²) in [5.41, 5.74) is 17.4. The van der Waals surface area contributed by atoms with E-state index in [-0.39, 0.29) is 24.2 Å². The van der Waals surface area contributed by atoms with Gasteiger partial charge in [-0.1, -0.05) is 453 Å². The van der Waals surface area contributed by atoms with Crippen molar-refractivity contribution in [2.45, 2.75) is 88.0 Å². The van der Waals surface area contributed by atoms with Gasteiger partial charge in [-0.05, 0) is 274 Å². The maximum atomic E-state index is 6.44. The number of halogens is 8. The fourth-order valence-electron chi connectivity index (χ4n) is 12.0. The number of hydrogen-bond donors (Lipinski definition) is 0. The molecule has 16 heteroatoms. The predicted octanol–water partition coefficient (Wildman–Crippen LogP) is 36.1. The Kier molecular flexibility index (Phi) is 45.2. The standard InChI is InChI=1S/C19H15BrS.C19H15ClS.C14H13ClS.C13H11ClS.C10H13ClS.C9H11ClS.C8H9ClS.C7H7ClS/c2*20-21-19(16-10-4-1-5-11-16,17-12-6-2-7-13-17)18-14-8-3-9-15-18;1-14(16-15,12-8-4-2-5-9-12)13-10-6-3-7-11-13;14-15-13(11-7-3-1-4-8-11)12-9-5-2-6-10-12;1-3-10(2,12-11)9-7-5-4-6-8-9;1-9(2,11-10)8-6-4-3-5-7-8;1-7(10-9)8-5-3-2-4-6-8;8-9-6-7-4-2-1-3-5-7/h2*1-15H;2-11H,1H3;1-10,13H;4-8H,3H2,1-2H3;3-7H,1-2H3;2-7H,1H3;1-5H,6H2. The second-order valence-corrected chi connectivity index (χ2v) is 38.0. The molecular formula is C99H94BrCl7S8. The van der Waals surface area contributed by atoms with E-state index in [1.807, 2.05) is 152 Å². The van der Waals surface area contributed by atoms with Crippen LogP contribution in [0.2, 0.25) is 0 Å². The van der Waals surface area contributed by atoms with E-state index in [4.69, 9.17) is 74.8 Å². The Morgan fingerprint density at radius 1 is 0.270 bits per heavy atom. The summed E-state index contributed by atoms with van der Waals surface area (Å²) < 4.78 is -0.759. The summed E-state index contributed by atoms with van der Waals surface area (Å²) in [6.07, 6.45) is 1.05. The maximum Gasteiger partial charge on any atom is 0.106 e. The second-order valence-electron chi connectivity index (χ2n) is 26.7. The molecule has 14 rings (SSSR count). The van der Waals surface area contributed by atoms with Gasteiger partial charge in [-0.15, -0.1) is 0 Å². The van der Waals surface area contributed by atoms with Crippen LogP contribution in [0, 0.1) is 0 Å². The Morgan fingerprint density at radius 3 is 0.757 bits per heavy atom. The molecule has 0 heterocycles. The SMILES string of the molecule is BrSC(c1ccccc1)(c1ccccc1)c1ccccc1.CC(C)(SCl)c1ccccc1.CC(SCl)(c1ccccc1)c1ccccc1.CC(SCl)c1ccccc1.CCC(C)(SCl)c1ccccc1.ClSC(c1ccccc1)(c1ccccc1)c1ccccc1.ClSC(c1ccccc1)c1ccccc1.ClSCc1ccccc1. The Bertz CT molecular complexity index is 4370. The van der Waals surface area contributed by atoms with Gasteiger partial charge in [0.15, 0.2) is 0 Å². The minimum atomic E-state index is -0.397. The van der Waals surface area contributed by atoms with Crippen molar-refractivity contribution >= 4 is 177 Å². The molecule has 0 aromatic heterocycles. The molecule has 594 valence electrons. The largest absolute Gasteiger partial charge is 0.106 e. The van der Waals surface area contributed by atoms with Gasteiger partial charge in [-0.3, -0.25) is 0 Å². The molecule has 0 radical (unpaired) electrons. The molecule has 0 fully saturated rings. The van der Waals surface area contributed by atoms with Crippen molar-refractivity contribution < 1.29 is 0 Å². The normalized spacial score (nSPS) is 11.7. The Balaban J connectivity index is 0.000000185. The zero-order valence-electron chi connectivity index (χ0n) is 64.8. The zero-order chi connectivity index (χ0) is 82.3. The molecule has 0 amide bonds. The van der Waals surface area contributed by atoms with Gasteiger partial charge < -0.3 is 0 Å². The highest BCUT2D eigenvalue weighted by molar-refractivity contribution is 9.50. The zero-order valence-corrected chi connectivity index (χ0v) is 78.2. The molecule has 0 spiro atoms. The topological polar surface area (TPSA) is 0 Å². The predicted molar refractivity (Wildman–Crippen MR) is 532 cm³/mol. The minimum absolute atomic E-state index is 0.0167. The maximum absolute atomic E-state index is 6.44. The van der Waals surface area contributed by atoms with Crippen molar-refractivity contribution in [2.75, 3.05) is 0 Å². The minimum Gasteiger partial charge on any atom is -0.0637 e. The van der Waals surface area contributed by atoms with Gasteiger partial charge in [0.1, 0.15) is 9.49 Å². The smallest absolute Gasteiger partial charge is 0.0637 e. The van der Waals surface area contributed by atoms with Crippen LogP contribution in [0.4, 0.5) is 0 Å². The van der Waals surface area contributed by atoms with Gasteiger partial charge in [-0.25, -0.2) is 0 Å². The van der Waals surface area contributed by atoms with E-state index >= 15 is 0 Å². The van der Waals surface area contributed by atoms with Crippen LogP contribution in [0.3, 0.4) is 0 Å². The van der Waals surface area contributed by atoms with E-state index in [0.717, 1.165) is 12.2 Å². The first-order chi connectivity index (χ1) is 56.1. The Labute approximate surface area is 758 Å². The van der Waals surface area contributed by atoms with Crippen LogP contribution in [0.15, 0.2) is 425 Å². The summed E-state index contributed by atoms with van der Waals surface area (Å²) in [5.74, 6) is 0.891. The average molecular weight is 1870 g/mol. The van der Waals surface area contributed by atoms with Crippen LogP contribution in [0.5, 0.6) is 0 Å². The summed E-state index contributed by atoms with van der Waals surface area (Å²) in [6, 6.07) is 145. The van der Waals surface area contributed by atoms with Crippen LogP contribution >= 0.6 is 177 Å². The molecule has 0 aliphatic heterocycles. The summed E-state index contributed by atoms with van der Waals surface area (Å²) in [5, 5.41) is 0.608. The quantitative estimate of drug-likeness (QED) is 0.0574. The first-order valence-electron chi connectivity index (χ1n) is 37.1. The molecule has 0 bridgehead atoms. The van der Waals surface area contributed by atoms with Crippen molar-refractivity contribution in [2.24, 2.45) is 0 Å². The molecule has 2 atom stereocenters. The highest BCUT2D eigenvalue weighted by Gasteiger charge is 2.38. The van der Waals surface area contributed by atoms with E-state index in [1.54, 1.807) is 10.2 Å². The Hall–Kier alpha value is -5.61. The van der Waals surface area contributed by atoms with Crippen molar-refractivity contribution in [3.8, 4) is 0 Å². The molecule has 0 saturated heterocycles. The van der Waals surface area contributed by atoms with Gasteiger partial charge in [0.05, 0.1) is 19.5 Å². The molecule has 0 N–H and O–H groups in total. The lowest BCUT2D eigenvalue weighted by molar-refractivity contribution is 0.669. The molecule has 0 aliphatic carbocycles. The number of hydrogen-bond acceptors (Lipinski definition) is 8. The Morgan fingerprint density at radius 2 is 0.522 bits per heavy atom. The molecule has 14 aromatic rings. The van der Waals surface area contributed by atoms with Gasteiger partial charge in [0, 0.05) is 11.0 Å². The van der Waals surface area contributed by atoms with Crippen LogP contribution in [-0.2, 0) is 29.5 Å². The fourth-order valence-corrected chi connectivity index (χ4v) is 20.7. The van der Waals surface area contributed by atoms with Gasteiger partial charge in [-0.2, -0.15) is 0 Å². The van der Waals surface area contributed by atoms with Crippen LogP contribution < -0.4 is 0 Å². The molecule has 115 heavy (non-hydrogen) atoms. The molecule has 2 unspecified atom stereocenters. The van der Waals surface area contributed by atoms with Gasteiger partial charge >= 0.3 is 0 Å². The van der Waals surface area contributed by atoms with Crippen molar-refractivity contribution in [3.05, 3.63) is 503 Å². The first kappa shape index (κ1) is 96.5. The number of rotatable bonds is 23. The highest BCUT2D eigenvalue weighted by Crippen LogP contribution is 2.53.